The molecule has 30 nitrogen and oxygen atoms in total. The molecule has 86 heavy (non-hydrogen) atoms. The van der Waals surface area contributed by atoms with E-state index in [1.807, 2.05) is 0 Å². The number of carboxylic acid groups (broad SMARTS) is 4. The molecule has 4 unspecified atom stereocenters. The molecule has 0 aromatic heterocycles. The highest BCUT2D eigenvalue weighted by Gasteiger charge is 2.36. The molecule has 1 aliphatic rings. The molecule has 1 saturated carbocycles. The zero-order valence-electron chi connectivity index (χ0n) is 47.0. The monoisotopic (exact) mass is 1270 g/mol. The van der Waals surface area contributed by atoms with E-state index in [9.17, 15) is 85.2 Å². The summed E-state index contributed by atoms with van der Waals surface area (Å²) in [6.07, 6.45) is -2.17. The second-order valence-electron chi connectivity index (χ2n) is 20.1. The fourth-order valence-corrected chi connectivity index (χ4v) is 10.6. The van der Waals surface area contributed by atoms with E-state index in [1.54, 1.807) is 4.72 Å². The maximum atomic E-state index is 15.7. The molecule has 1 aliphatic carbocycles. The van der Waals surface area contributed by atoms with Crippen molar-refractivity contribution in [2.45, 2.75) is 157 Å². The molecule has 35 heteroatoms. The Morgan fingerprint density at radius 2 is 1.20 bits per heavy atom. The molecule has 1 aromatic rings. The number of nitrogens with zero attached hydrogens (tertiary/aromatic N) is 1. The van der Waals surface area contributed by atoms with E-state index in [0.717, 1.165) is 19.3 Å². The molecular weight excluding hydrogens is 1200 g/mol. The average molecular weight is 1270 g/mol. The normalized spacial score (nSPS) is 14.9. The molecule has 0 heterocycles. The van der Waals surface area contributed by atoms with Crippen LogP contribution in [0.5, 0.6) is 0 Å². The lowest BCUT2D eigenvalue weighted by Gasteiger charge is -2.25. The third-order valence-electron chi connectivity index (χ3n) is 13.2. The van der Waals surface area contributed by atoms with E-state index in [-0.39, 0.29) is 71.0 Å². The molecule has 484 valence electrons. The van der Waals surface area contributed by atoms with Crippen molar-refractivity contribution >= 4 is 103 Å². The molecule has 3 amide bonds. The van der Waals surface area contributed by atoms with Gasteiger partial charge in [0.1, 0.15) is 28.2 Å². The number of hydrogen-bond donors (Lipinski definition) is 13. The first-order chi connectivity index (χ1) is 40.4. The molecule has 0 bridgehead atoms. The first-order valence-electron chi connectivity index (χ1n) is 27.3. The molecule has 16 N–H and O–H groups in total. The summed E-state index contributed by atoms with van der Waals surface area (Å²) in [5.74, 6) is -22.8. The minimum absolute atomic E-state index is 0.00344. The number of Topliss-reactive ketones (excluding diaryl/α,β-unsaturated/α-hetero) is 4. The number of ether oxygens (including phenoxy) is 2. The van der Waals surface area contributed by atoms with E-state index < -0.39 is 219 Å². The predicted molar refractivity (Wildman–Crippen MR) is 297 cm³/mol. The summed E-state index contributed by atoms with van der Waals surface area (Å²) in [6.45, 7) is -1.29. The number of carbonyl (C=O) groups excluding carboxylic acids is 7. The number of aliphatic imine (C=N–C) groups is 1. The average Bonchev–Trinajstić information content (AvgIpc) is 0.827. The number of carboxylic acids is 4. The number of nitrogens with one attached hydrogen (secondary N) is 5. The van der Waals surface area contributed by atoms with Crippen LogP contribution in [0.3, 0.4) is 0 Å². The number of benzene rings is 1. The zero-order valence-corrected chi connectivity index (χ0v) is 48.6. The zero-order chi connectivity index (χ0) is 64.7. The van der Waals surface area contributed by atoms with Gasteiger partial charge >= 0.3 is 23.9 Å². The smallest absolute Gasteiger partial charge is 0.305 e. The predicted octanol–water partition coefficient (Wildman–Crippen LogP) is 0.589. The van der Waals surface area contributed by atoms with Gasteiger partial charge in [0.15, 0.2) is 44.8 Å². The summed E-state index contributed by atoms with van der Waals surface area (Å²) in [6, 6.07) is -5.46. The van der Waals surface area contributed by atoms with Crippen LogP contribution in [-0.2, 0) is 83.3 Å². The largest absolute Gasteiger partial charge is 0.481 e. The van der Waals surface area contributed by atoms with Gasteiger partial charge in [-0.3, -0.25) is 67.0 Å². The van der Waals surface area contributed by atoms with Crippen LogP contribution in [0.15, 0.2) is 9.89 Å². The molecule has 2 rings (SSSR count). The lowest BCUT2D eigenvalue weighted by Crippen LogP contribution is -2.53. The van der Waals surface area contributed by atoms with Crippen LogP contribution in [0.25, 0.3) is 0 Å². The van der Waals surface area contributed by atoms with Crippen molar-refractivity contribution in [2.24, 2.45) is 34.0 Å². The first kappa shape index (κ1) is 74.9. The Bertz CT molecular complexity index is 2730. The van der Waals surface area contributed by atoms with Crippen LogP contribution >= 0.6 is 0 Å². The number of anilines is 2. The summed E-state index contributed by atoms with van der Waals surface area (Å²) in [4.78, 5) is 140. The van der Waals surface area contributed by atoms with Crippen LogP contribution in [0.4, 0.5) is 24.5 Å². The van der Waals surface area contributed by atoms with Crippen molar-refractivity contribution in [3.63, 3.8) is 0 Å². The standard InChI is InChI=1S/C51H76F3N9O21S2/c52-42-43(53)47(46(44(54)45(42)63-85(79)80)60-30-8-4-2-1-3-5-9-30)86(81,82)21-15-31(64)10-7-17-83-19-20-84-18-14-32(65)22-28(24-39(70)71)49(77)61-34(11-6-16-58-51(56)57)37(67)23-29(25-40(72)73)48(76)59-27-33(55)50(78)62-35(26-41(74)75)36(66)12-13-38(68)69/h28-30,33-35,60,63H,1-27,55H2,(H,59,76)(H,61,77)(H,62,78)(H,68,69)(H,70,71)(H,72,73)(H,74,75)(H,79,80)(H4,56,57,58)/t28?,29?,33-,34?,35-/m0/s1. The van der Waals surface area contributed by atoms with Gasteiger partial charge in [-0.15, -0.1) is 0 Å². The van der Waals surface area contributed by atoms with Gasteiger partial charge in [0, 0.05) is 64.3 Å². The van der Waals surface area contributed by atoms with Crippen molar-refractivity contribution in [1.29, 1.82) is 0 Å². The Morgan fingerprint density at radius 1 is 0.616 bits per heavy atom. The third kappa shape index (κ3) is 28.8. The number of ketones is 4. The SMILES string of the molecule is NC(N)=NCCCC(NC(=O)C(CC(=O)O)CC(=O)CCOCCOCCCC(=O)CCS(=O)(=O)c1c(F)c(F)c(NS(=O)O)c(F)c1NC1CCCCCCC1)C(=O)CC(CC(=O)O)C(=O)NC[C@H](N)C(=O)N[C@@H](CC(=O)O)C(=O)CCC(=O)O. The van der Waals surface area contributed by atoms with Crippen LogP contribution in [0.1, 0.15) is 128 Å². The number of sulfone groups is 1. The van der Waals surface area contributed by atoms with Gasteiger partial charge in [0.25, 0.3) is 11.3 Å². The summed E-state index contributed by atoms with van der Waals surface area (Å²) >= 11 is -3.06. The number of rotatable bonds is 44. The van der Waals surface area contributed by atoms with Gasteiger partial charge in [-0.2, -0.15) is 0 Å². The first-order valence-corrected chi connectivity index (χ1v) is 30.1. The Morgan fingerprint density at radius 3 is 1.78 bits per heavy atom. The molecule has 0 saturated heterocycles. The Hall–Kier alpha value is -7.21. The maximum Gasteiger partial charge on any atom is 0.305 e. The van der Waals surface area contributed by atoms with Crippen LogP contribution in [-0.4, -0.2) is 178 Å². The number of amides is 3. The highest BCUT2D eigenvalue weighted by molar-refractivity contribution is 7.91. The second-order valence-corrected chi connectivity index (χ2v) is 22.9. The number of carbonyl (C=O) groups is 11. The van der Waals surface area contributed by atoms with Gasteiger partial charge in [0.2, 0.25) is 17.7 Å². The van der Waals surface area contributed by atoms with Crippen LogP contribution in [0, 0.1) is 29.3 Å². The minimum atomic E-state index is -4.89. The van der Waals surface area contributed by atoms with E-state index in [2.05, 4.69) is 26.3 Å². The Balaban J connectivity index is 1.99. The quantitative estimate of drug-likeness (QED) is 0.0140. The highest BCUT2D eigenvalue weighted by atomic mass is 32.2. The topological polar surface area (TPSA) is 509 Å². The number of nitrogens with two attached hydrogens (primary N) is 3. The summed E-state index contributed by atoms with van der Waals surface area (Å²) in [7, 11) is -4.89. The molecule has 0 aliphatic heterocycles. The number of halogens is 3. The minimum Gasteiger partial charge on any atom is -0.481 e. The molecule has 6 atom stereocenters. The number of hydrogen-bond acceptors (Lipinski definition) is 19. The van der Waals surface area contributed by atoms with Crippen molar-refractivity contribution < 1.29 is 113 Å². The molecule has 1 aromatic carbocycles. The lowest BCUT2D eigenvalue weighted by atomic mass is 9.91. The number of aliphatic carboxylic acids is 4. The Kier molecular flexibility index (Phi) is 33.8. The van der Waals surface area contributed by atoms with Gasteiger partial charge in [0.05, 0.1) is 80.9 Å². The van der Waals surface area contributed by atoms with Crippen LogP contribution < -0.4 is 43.2 Å². The summed E-state index contributed by atoms with van der Waals surface area (Å²) in [5, 5.41) is 46.5. The summed E-state index contributed by atoms with van der Waals surface area (Å²) < 4.78 is 106. The van der Waals surface area contributed by atoms with Crippen molar-refractivity contribution in [3.8, 4) is 0 Å². The fourth-order valence-electron chi connectivity index (χ4n) is 8.75. The van der Waals surface area contributed by atoms with Crippen molar-refractivity contribution in [3.05, 3.63) is 17.5 Å². The van der Waals surface area contributed by atoms with E-state index in [4.69, 9.17) is 31.8 Å². The van der Waals surface area contributed by atoms with Crippen molar-refractivity contribution in [1.82, 2.24) is 16.0 Å². The lowest BCUT2D eigenvalue weighted by molar-refractivity contribution is -0.143. The highest BCUT2D eigenvalue weighted by Crippen LogP contribution is 2.38. The fraction of sp³-hybridized carbons (Fsp3) is 0.647. The van der Waals surface area contributed by atoms with Crippen LogP contribution in [0.2, 0.25) is 0 Å². The van der Waals surface area contributed by atoms with Crippen molar-refractivity contribution in [2.75, 3.05) is 55.3 Å². The van der Waals surface area contributed by atoms with Gasteiger partial charge in [-0.25, -0.2) is 25.8 Å². The summed E-state index contributed by atoms with van der Waals surface area (Å²) in [5.41, 5.74) is 14.3. The van der Waals surface area contributed by atoms with Gasteiger partial charge in [-0.1, -0.05) is 32.1 Å². The van der Waals surface area contributed by atoms with Gasteiger partial charge in [-0.05, 0) is 32.1 Å². The molecule has 0 radical (unpaired) electrons. The molecular formula is C51H76F3N9O21S2. The second kappa shape index (κ2) is 38.8. The van der Waals surface area contributed by atoms with Gasteiger partial charge < -0.3 is 68.4 Å². The molecule has 1 fully saturated rings. The van der Waals surface area contributed by atoms with E-state index >= 15 is 13.2 Å². The third-order valence-corrected chi connectivity index (χ3v) is 15.3. The Labute approximate surface area is 494 Å². The number of guanidine groups is 1. The van der Waals surface area contributed by atoms with E-state index in [0.29, 0.717) is 25.7 Å². The maximum absolute atomic E-state index is 15.7. The molecule has 0 spiro atoms. The van der Waals surface area contributed by atoms with E-state index in [1.165, 1.54) is 0 Å².